The summed E-state index contributed by atoms with van der Waals surface area (Å²) in [5, 5.41) is 10.2. The minimum Gasteiger partial charge on any atom is -0.383 e. The molecule has 1 unspecified atom stereocenters. The van der Waals surface area contributed by atoms with Gasteiger partial charge in [-0.2, -0.15) is 0 Å². The minimum absolute atomic E-state index is 0.180. The maximum absolute atomic E-state index is 13.6. The number of aliphatic hydroxyl groups is 1. The van der Waals surface area contributed by atoms with Gasteiger partial charge in [0.05, 0.1) is 5.02 Å². The van der Waals surface area contributed by atoms with Gasteiger partial charge < -0.3 is 5.11 Å². The molecule has 1 nitrogen and oxygen atoms in total. The highest BCUT2D eigenvalue weighted by molar-refractivity contribution is 9.10. The van der Waals surface area contributed by atoms with Crippen LogP contribution in [0.25, 0.3) is 0 Å². The Labute approximate surface area is 120 Å². The zero-order chi connectivity index (χ0) is 14.2. The Morgan fingerprint density at radius 2 is 1.63 bits per heavy atom. The lowest BCUT2D eigenvalue weighted by molar-refractivity contribution is 0.214. The third kappa shape index (κ3) is 2.78. The van der Waals surface area contributed by atoms with Gasteiger partial charge in [-0.15, -0.1) is 0 Å². The van der Waals surface area contributed by atoms with Crippen molar-refractivity contribution in [1.29, 1.82) is 0 Å². The highest BCUT2D eigenvalue weighted by Crippen LogP contribution is 2.34. The summed E-state index contributed by atoms with van der Waals surface area (Å²) in [4.78, 5) is 0. The van der Waals surface area contributed by atoms with Gasteiger partial charge >= 0.3 is 0 Å². The van der Waals surface area contributed by atoms with Gasteiger partial charge in [0.1, 0.15) is 11.9 Å². The van der Waals surface area contributed by atoms with E-state index in [2.05, 4.69) is 15.9 Å². The predicted octanol–water partition coefficient (Wildman–Crippen LogP) is 4.60. The van der Waals surface area contributed by atoms with Crippen molar-refractivity contribution in [2.24, 2.45) is 0 Å². The second-order valence-corrected chi connectivity index (χ2v) is 5.07. The van der Waals surface area contributed by atoms with E-state index in [1.165, 1.54) is 6.07 Å². The summed E-state index contributed by atoms with van der Waals surface area (Å²) < 4.78 is 40.0. The molecule has 0 fully saturated rings. The van der Waals surface area contributed by atoms with Crippen molar-refractivity contribution >= 4 is 27.5 Å². The number of hydrogen-bond donors (Lipinski definition) is 1. The van der Waals surface area contributed by atoms with Crippen LogP contribution in [0.1, 0.15) is 17.2 Å². The molecular formula is C13H7BrClF3O. The van der Waals surface area contributed by atoms with E-state index in [4.69, 9.17) is 11.6 Å². The first-order chi connectivity index (χ1) is 8.91. The van der Waals surface area contributed by atoms with Crippen LogP contribution < -0.4 is 0 Å². The second kappa shape index (κ2) is 5.53. The second-order valence-electron chi connectivity index (χ2n) is 3.83. The lowest BCUT2D eigenvalue weighted by atomic mass is 10.0. The molecule has 2 aromatic rings. The van der Waals surface area contributed by atoms with Crippen LogP contribution >= 0.6 is 27.5 Å². The molecule has 0 amide bonds. The fraction of sp³-hybridized carbons (Fsp3) is 0.0769. The first-order valence-corrected chi connectivity index (χ1v) is 6.35. The minimum atomic E-state index is -1.49. The molecule has 0 saturated heterocycles. The van der Waals surface area contributed by atoms with Crippen molar-refractivity contribution in [1.82, 2.24) is 0 Å². The van der Waals surface area contributed by atoms with E-state index in [0.717, 1.165) is 0 Å². The van der Waals surface area contributed by atoms with Gasteiger partial charge in [0, 0.05) is 21.7 Å². The van der Waals surface area contributed by atoms with E-state index >= 15 is 0 Å². The van der Waals surface area contributed by atoms with Crippen LogP contribution in [0, 0.1) is 17.5 Å². The van der Waals surface area contributed by atoms with Gasteiger partial charge in [0.2, 0.25) is 0 Å². The van der Waals surface area contributed by atoms with Gasteiger partial charge in [0.25, 0.3) is 0 Å². The van der Waals surface area contributed by atoms with Crippen LogP contribution in [0.4, 0.5) is 13.2 Å². The molecule has 100 valence electrons. The van der Waals surface area contributed by atoms with E-state index in [0.29, 0.717) is 16.6 Å². The molecule has 0 radical (unpaired) electrons. The molecule has 0 aliphatic carbocycles. The summed E-state index contributed by atoms with van der Waals surface area (Å²) in [6, 6.07) is 5.71. The van der Waals surface area contributed by atoms with E-state index in [1.807, 2.05) is 0 Å². The third-order valence-corrected chi connectivity index (χ3v) is 3.92. The van der Waals surface area contributed by atoms with Gasteiger partial charge in [-0.05, 0) is 28.1 Å². The van der Waals surface area contributed by atoms with Crippen LogP contribution in [-0.4, -0.2) is 5.11 Å². The Kier molecular flexibility index (Phi) is 4.18. The Morgan fingerprint density at radius 3 is 2.32 bits per heavy atom. The summed E-state index contributed by atoms with van der Waals surface area (Å²) >= 11 is 9.12. The number of hydrogen-bond acceptors (Lipinski definition) is 1. The Bertz CT molecular complexity index is 634. The molecule has 1 N–H and O–H groups in total. The standard InChI is InChI=1S/C13H7BrClF3O/c14-8-3-1-2-6(12(8)15)13(19)7-4-10(17)11(18)5-9(7)16/h1-5,13,19H. The van der Waals surface area contributed by atoms with E-state index in [9.17, 15) is 18.3 Å². The fourth-order valence-corrected chi connectivity index (χ4v) is 2.26. The van der Waals surface area contributed by atoms with E-state index in [1.54, 1.807) is 12.1 Å². The van der Waals surface area contributed by atoms with Gasteiger partial charge in [-0.1, -0.05) is 23.7 Å². The van der Waals surface area contributed by atoms with Crippen molar-refractivity contribution in [2.75, 3.05) is 0 Å². The van der Waals surface area contributed by atoms with Crippen LogP contribution in [0.15, 0.2) is 34.8 Å². The molecule has 2 aromatic carbocycles. The Balaban J connectivity index is 2.53. The van der Waals surface area contributed by atoms with Crippen LogP contribution in [0.2, 0.25) is 5.02 Å². The molecule has 19 heavy (non-hydrogen) atoms. The topological polar surface area (TPSA) is 20.2 Å². The van der Waals surface area contributed by atoms with E-state index in [-0.39, 0.29) is 16.1 Å². The average molecular weight is 352 g/mol. The molecule has 0 aromatic heterocycles. The van der Waals surface area contributed by atoms with Crippen molar-refractivity contribution in [3.8, 4) is 0 Å². The lowest BCUT2D eigenvalue weighted by Crippen LogP contribution is -2.05. The molecule has 0 heterocycles. The summed E-state index contributed by atoms with van der Waals surface area (Å²) in [7, 11) is 0. The maximum Gasteiger partial charge on any atom is 0.161 e. The SMILES string of the molecule is OC(c1cc(F)c(F)cc1F)c1cccc(Br)c1Cl. The molecule has 1 atom stereocenters. The Hall–Kier alpha value is -1.04. The first-order valence-electron chi connectivity index (χ1n) is 5.18. The first kappa shape index (κ1) is 14.4. The smallest absolute Gasteiger partial charge is 0.161 e. The molecule has 0 spiro atoms. The zero-order valence-corrected chi connectivity index (χ0v) is 11.6. The molecular weight excluding hydrogens is 344 g/mol. The highest BCUT2D eigenvalue weighted by atomic mass is 79.9. The van der Waals surface area contributed by atoms with Gasteiger partial charge in [0.15, 0.2) is 11.6 Å². The Morgan fingerprint density at radius 1 is 1.00 bits per heavy atom. The summed E-state index contributed by atoms with van der Waals surface area (Å²) in [5.41, 5.74) is -0.181. The molecule has 0 aliphatic heterocycles. The molecule has 0 aliphatic rings. The van der Waals surface area contributed by atoms with Crippen LogP contribution in [-0.2, 0) is 0 Å². The molecule has 2 rings (SSSR count). The molecule has 0 bridgehead atoms. The average Bonchev–Trinajstić information content (AvgIpc) is 2.36. The fourth-order valence-electron chi connectivity index (χ4n) is 1.65. The number of benzene rings is 2. The van der Waals surface area contributed by atoms with Crippen molar-refractivity contribution in [3.05, 3.63) is 68.4 Å². The van der Waals surface area contributed by atoms with Gasteiger partial charge in [-0.25, -0.2) is 13.2 Å². The lowest BCUT2D eigenvalue weighted by Gasteiger charge is -2.15. The number of halogens is 5. The summed E-state index contributed by atoms with van der Waals surface area (Å²) in [6.45, 7) is 0. The predicted molar refractivity (Wildman–Crippen MR) is 69.5 cm³/mol. The summed E-state index contributed by atoms with van der Waals surface area (Å²) in [5.74, 6) is -3.59. The highest BCUT2D eigenvalue weighted by Gasteiger charge is 2.21. The van der Waals surface area contributed by atoms with Crippen molar-refractivity contribution in [3.63, 3.8) is 0 Å². The third-order valence-electron chi connectivity index (χ3n) is 2.61. The molecule has 6 heteroatoms. The quantitative estimate of drug-likeness (QED) is 0.784. The largest absolute Gasteiger partial charge is 0.383 e. The number of rotatable bonds is 2. The van der Waals surface area contributed by atoms with Crippen molar-refractivity contribution in [2.45, 2.75) is 6.10 Å². The van der Waals surface area contributed by atoms with Gasteiger partial charge in [-0.3, -0.25) is 0 Å². The maximum atomic E-state index is 13.6. The van der Waals surface area contributed by atoms with Crippen molar-refractivity contribution < 1.29 is 18.3 Å². The van der Waals surface area contributed by atoms with E-state index < -0.39 is 23.6 Å². The monoisotopic (exact) mass is 350 g/mol. The number of aliphatic hydroxyl groups excluding tert-OH is 1. The molecule has 0 saturated carbocycles. The van der Waals surface area contributed by atoms with Crippen LogP contribution in [0.3, 0.4) is 0 Å². The van der Waals surface area contributed by atoms with Crippen LogP contribution in [0.5, 0.6) is 0 Å². The normalized spacial score (nSPS) is 12.5. The summed E-state index contributed by atoms with van der Waals surface area (Å²) in [6.07, 6.45) is -1.49. The zero-order valence-electron chi connectivity index (χ0n) is 9.30.